The number of alkyl halides is 3. The second-order valence-corrected chi connectivity index (χ2v) is 8.54. The molecule has 0 amide bonds. The van der Waals surface area contributed by atoms with E-state index in [9.17, 15) is 18.0 Å². The summed E-state index contributed by atoms with van der Waals surface area (Å²) in [7, 11) is 1.40. The molecular weight excluding hydrogens is 520 g/mol. The molecule has 0 saturated carbocycles. The van der Waals surface area contributed by atoms with Gasteiger partial charge in [0.15, 0.2) is 10.8 Å². The number of nitrogens with zero attached hydrogens (tertiary/aromatic N) is 5. The first-order valence-corrected chi connectivity index (χ1v) is 11.0. The van der Waals surface area contributed by atoms with Gasteiger partial charge in [0.2, 0.25) is 0 Å². The van der Waals surface area contributed by atoms with Crippen molar-refractivity contribution in [2.24, 2.45) is 0 Å². The Morgan fingerprint density at radius 3 is 2.58 bits per heavy atom. The second-order valence-electron chi connectivity index (χ2n) is 7.75. The van der Waals surface area contributed by atoms with Crippen LogP contribution in [0.25, 0.3) is 33.5 Å². The van der Waals surface area contributed by atoms with Crippen molar-refractivity contribution in [3.8, 4) is 28.4 Å². The minimum absolute atomic E-state index is 0.211. The number of hydrogen-bond donors (Lipinski definition) is 1. The smallest absolute Gasteiger partial charge is 0.436 e. The van der Waals surface area contributed by atoms with Crippen molar-refractivity contribution in [2.75, 3.05) is 7.11 Å². The molecule has 0 bridgehead atoms. The maximum Gasteiger partial charge on any atom is 0.436 e. The third kappa shape index (κ3) is 4.20. The number of benzene rings is 1. The van der Waals surface area contributed by atoms with E-state index in [4.69, 9.17) is 27.9 Å². The summed E-state index contributed by atoms with van der Waals surface area (Å²) >= 11 is 12.4. The Bertz CT molecular complexity index is 1690. The van der Waals surface area contributed by atoms with Gasteiger partial charge in [-0.2, -0.15) is 13.2 Å². The van der Waals surface area contributed by atoms with E-state index in [1.807, 2.05) is 0 Å². The number of halogens is 5. The first kappa shape index (κ1) is 23.9. The number of nitrogens with one attached hydrogen (secondary N) is 1. The van der Waals surface area contributed by atoms with E-state index in [1.54, 1.807) is 13.0 Å². The summed E-state index contributed by atoms with van der Waals surface area (Å²) in [6.45, 7) is 1.78. The predicted octanol–water partition coefficient (Wildman–Crippen LogP) is 5.40. The van der Waals surface area contributed by atoms with Crippen LogP contribution in [0.1, 0.15) is 11.4 Å². The van der Waals surface area contributed by atoms with Gasteiger partial charge < -0.3 is 9.72 Å². The van der Waals surface area contributed by atoms with Crippen molar-refractivity contribution < 1.29 is 17.9 Å². The summed E-state index contributed by atoms with van der Waals surface area (Å²) < 4.78 is 47.0. The van der Waals surface area contributed by atoms with Crippen LogP contribution in [0.3, 0.4) is 0 Å². The van der Waals surface area contributed by atoms with E-state index >= 15 is 0 Å². The fourth-order valence-corrected chi connectivity index (χ4v) is 4.20. The molecule has 0 fully saturated rings. The third-order valence-electron chi connectivity index (χ3n) is 5.36. The number of aromatic nitrogens is 6. The molecule has 5 rings (SSSR count). The van der Waals surface area contributed by atoms with Crippen molar-refractivity contribution in [3.63, 3.8) is 0 Å². The van der Waals surface area contributed by atoms with Gasteiger partial charge in [0, 0.05) is 39.4 Å². The highest BCUT2D eigenvalue weighted by molar-refractivity contribution is 6.33. The molecule has 0 aliphatic heterocycles. The lowest BCUT2D eigenvalue weighted by Crippen LogP contribution is -2.18. The van der Waals surface area contributed by atoms with Gasteiger partial charge in [-0.1, -0.05) is 28.4 Å². The minimum Gasteiger partial charge on any atom is -0.495 e. The van der Waals surface area contributed by atoms with E-state index in [0.717, 1.165) is 10.9 Å². The van der Waals surface area contributed by atoms with Crippen LogP contribution in [0.15, 0.2) is 47.5 Å². The number of aromatic amines is 1. The molecule has 4 heterocycles. The van der Waals surface area contributed by atoms with E-state index in [0.29, 0.717) is 28.0 Å². The molecule has 0 saturated heterocycles. The van der Waals surface area contributed by atoms with Crippen LogP contribution in [0, 0.1) is 13.0 Å². The third-order valence-corrected chi connectivity index (χ3v) is 5.87. The summed E-state index contributed by atoms with van der Waals surface area (Å²) in [4.78, 5) is 20.4. The lowest BCUT2D eigenvalue weighted by atomic mass is 10.0. The number of fused-ring (bicyclic) bond motifs is 1. The van der Waals surface area contributed by atoms with Gasteiger partial charge in [-0.05, 0) is 31.2 Å². The lowest BCUT2D eigenvalue weighted by molar-refractivity contribution is -0.141. The van der Waals surface area contributed by atoms with Crippen molar-refractivity contribution in [2.45, 2.75) is 13.1 Å². The van der Waals surface area contributed by atoms with Crippen LogP contribution < -0.4 is 10.3 Å². The van der Waals surface area contributed by atoms with Crippen LogP contribution in [0.4, 0.5) is 13.2 Å². The van der Waals surface area contributed by atoms with Crippen LogP contribution in [0.5, 0.6) is 5.75 Å². The predicted molar refractivity (Wildman–Crippen MR) is 127 cm³/mol. The van der Waals surface area contributed by atoms with Gasteiger partial charge in [0.05, 0.1) is 30.7 Å². The molecule has 1 radical (unpaired) electrons. The maximum atomic E-state index is 13.2. The monoisotopic (exact) mass is 533 g/mol. The van der Waals surface area contributed by atoms with E-state index < -0.39 is 17.4 Å². The van der Waals surface area contributed by atoms with Crippen molar-refractivity contribution in [1.29, 1.82) is 0 Å². The highest BCUT2D eigenvalue weighted by atomic mass is 35.5. The summed E-state index contributed by atoms with van der Waals surface area (Å²) in [5.41, 5.74) is 0.361. The Morgan fingerprint density at radius 1 is 1.11 bits per heavy atom. The molecule has 183 valence electrons. The van der Waals surface area contributed by atoms with Gasteiger partial charge >= 0.3 is 6.18 Å². The molecule has 1 N–H and O–H groups in total. The van der Waals surface area contributed by atoms with Crippen LogP contribution in [0.2, 0.25) is 10.2 Å². The molecule has 0 aliphatic carbocycles. The second kappa shape index (κ2) is 8.68. The number of rotatable bonds is 4. The Hall–Kier alpha value is -3.83. The van der Waals surface area contributed by atoms with E-state index in [-0.39, 0.29) is 27.2 Å². The zero-order chi connectivity index (χ0) is 25.8. The Kier molecular flexibility index (Phi) is 5.76. The van der Waals surface area contributed by atoms with Gasteiger partial charge in [-0.15, -0.1) is 5.10 Å². The van der Waals surface area contributed by atoms with E-state index in [2.05, 4.69) is 26.3 Å². The molecule has 8 nitrogen and oxygen atoms in total. The molecule has 0 atom stereocenters. The standard InChI is InChI=1S/C23H14Cl2F3N6O2/c1-11-5-12-6-19(30-21(12)22(25)29-11)33-9-17(36-2)15(8-20(33)35)14-7-13(24)3-4-16(14)34-10-18(31-32-34)23(26,27)28/h3-5,7-10,30H,1-2H3. The van der Waals surface area contributed by atoms with E-state index in [1.165, 1.54) is 42.1 Å². The molecule has 0 aliphatic rings. The van der Waals surface area contributed by atoms with Gasteiger partial charge in [-0.3, -0.25) is 9.36 Å². The summed E-state index contributed by atoms with van der Waals surface area (Å²) in [5.74, 6) is 0.535. The normalized spacial score (nSPS) is 11.9. The molecule has 1 aromatic carbocycles. The topological polar surface area (TPSA) is 90.6 Å². The molecule has 0 unspecified atom stereocenters. The first-order chi connectivity index (χ1) is 17.0. The molecular formula is C23H14Cl2F3N6O2. The molecule has 5 aromatic rings. The van der Waals surface area contributed by atoms with Gasteiger partial charge in [0.1, 0.15) is 11.6 Å². The molecule has 36 heavy (non-hydrogen) atoms. The largest absolute Gasteiger partial charge is 0.495 e. The van der Waals surface area contributed by atoms with Crippen LogP contribution in [-0.2, 0) is 6.18 Å². The van der Waals surface area contributed by atoms with Gasteiger partial charge in [-0.25, -0.2) is 9.67 Å². The van der Waals surface area contributed by atoms with Crippen LogP contribution >= 0.6 is 23.2 Å². The fraction of sp³-hybridized carbons (Fsp3) is 0.130. The lowest BCUT2D eigenvalue weighted by Gasteiger charge is -2.15. The fourth-order valence-electron chi connectivity index (χ4n) is 3.75. The number of pyridine rings is 2. The van der Waals surface area contributed by atoms with Crippen LogP contribution in [-0.4, -0.2) is 36.6 Å². The highest BCUT2D eigenvalue weighted by Gasteiger charge is 2.34. The summed E-state index contributed by atoms with van der Waals surface area (Å²) in [6, 6.07) is 10.6. The number of aryl methyl sites for hydroxylation is 1. The average molecular weight is 534 g/mol. The van der Waals surface area contributed by atoms with Crippen molar-refractivity contribution >= 4 is 34.1 Å². The number of hydrogen-bond acceptors (Lipinski definition) is 5. The molecule has 13 heteroatoms. The zero-order valence-corrected chi connectivity index (χ0v) is 20.0. The molecule has 4 aromatic heterocycles. The summed E-state index contributed by atoms with van der Waals surface area (Å²) in [6.07, 6.45) is -2.49. The highest BCUT2D eigenvalue weighted by Crippen LogP contribution is 2.36. The van der Waals surface area contributed by atoms with Crippen molar-refractivity contribution in [1.82, 2.24) is 29.5 Å². The number of methoxy groups -OCH3 is 1. The summed E-state index contributed by atoms with van der Waals surface area (Å²) in [5, 5.41) is 7.97. The first-order valence-electron chi connectivity index (χ1n) is 10.2. The minimum atomic E-state index is -4.67. The SMILES string of the molecule is COc1cn(-c2[c]c3cc(C)nc(Cl)c3[nH]2)c(=O)cc1-c1cc(Cl)ccc1-n1cc(C(F)(F)F)nn1. The molecule has 0 spiro atoms. The zero-order valence-electron chi connectivity index (χ0n) is 18.5. The Labute approximate surface area is 210 Å². The quantitative estimate of drug-likeness (QED) is 0.312. The van der Waals surface area contributed by atoms with Crippen molar-refractivity contribution in [3.05, 3.63) is 80.7 Å². The number of ether oxygens (including phenoxy) is 1. The maximum absolute atomic E-state index is 13.2. The average Bonchev–Trinajstić information content (AvgIpc) is 3.46. The number of H-pyrrole nitrogens is 1. The Morgan fingerprint density at radius 2 is 1.89 bits per heavy atom. The van der Waals surface area contributed by atoms with Gasteiger partial charge in [0.25, 0.3) is 5.56 Å². The Balaban J connectivity index is 1.67.